The van der Waals surface area contributed by atoms with Crippen LogP contribution in [0.25, 0.3) is 0 Å². The predicted octanol–water partition coefficient (Wildman–Crippen LogP) is -0.118. The van der Waals surface area contributed by atoms with Gasteiger partial charge in [0.1, 0.15) is 0 Å². The van der Waals surface area contributed by atoms with Gasteiger partial charge in [-0.05, 0) is 19.1 Å². The molecule has 0 radical (unpaired) electrons. The molecule has 0 aliphatic rings. The maximum absolute atomic E-state index is 11.4. The summed E-state index contributed by atoms with van der Waals surface area (Å²) < 4.78 is 1.54. The Labute approximate surface area is 118 Å². The SMILES string of the molecule is CCn1c(SCc2ccc(C(=O)NN)cn2)n[nH]c1=O. The molecule has 0 aliphatic heterocycles. The summed E-state index contributed by atoms with van der Waals surface area (Å²) in [7, 11) is 0. The molecule has 0 bridgehead atoms. The molecule has 0 aliphatic carbocycles. The van der Waals surface area contributed by atoms with E-state index in [1.165, 1.54) is 18.0 Å². The maximum Gasteiger partial charge on any atom is 0.343 e. The molecule has 0 fully saturated rings. The van der Waals surface area contributed by atoms with E-state index in [9.17, 15) is 9.59 Å². The van der Waals surface area contributed by atoms with Crippen molar-refractivity contribution in [1.29, 1.82) is 0 Å². The van der Waals surface area contributed by atoms with Crippen LogP contribution in [0.5, 0.6) is 0 Å². The number of thioether (sulfide) groups is 1. The number of amides is 1. The smallest absolute Gasteiger partial charge is 0.290 e. The standard InChI is InChI=1S/C11H14N6O2S/c1-2-17-10(19)15-16-11(17)20-6-8-4-3-7(5-13-8)9(18)14-12/h3-5H,2,6,12H2,1H3,(H,14,18)(H,15,19). The van der Waals surface area contributed by atoms with Crippen molar-refractivity contribution in [2.24, 2.45) is 5.84 Å². The zero-order chi connectivity index (χ0) is 14.5. The maximum atomic E-state index is 11.4. The van der Waals surface area contributed by atoms with Gasteiger partial charge in [-0.15, -0.1) is 5.10 Å². The number of nitrogens with zero attached hydrogens (tertiary/aromatic N) is 3. The van der Waals surface area contributed by atoms with Gasteiger partial charge in [-0.3, -0.25) is 19.8 Å². The molecule has 9 heteroatoms. The summed E-state index contributed by atoms with van der Waals surface area (Å²) in [5.74, 6) is 5.20. The number of hydrazine groups is 1. The van der Waals surface area contributed by atoms with E-state index in [0.717, 1.165) is 5.69 Å². The topological polar surface area (TPSA) is 119 Å². The van der Waals surface area contributed by atoms with Crippen molar-refractivity contribution in [2.45, 2.75) is 24.4 Å². The molecule has 4 N–H and O–H groups in total. The number of nitrogens with one attached hydrogen (secondary N) is 2. The van der Waals surface area contributed by atoms with E-state index in [4.69, 9.17) is 5.84 Å². The first-order valence-electron chi connectivity index (χ1n) is 5.89. The minimum absolute atomic E-state index is 0.224. The lowest BCUT2D eigenvalue weighted by molar-refractivity contribution is 0.0953. The van der Waals surface area contributed by atoms with E-state index in [1.807, 2.05) is 12.3 Å². The number of carbonyl (C=O) groups excluding carboxylic acids is 1. The molecule has 2 aromatic rings. The Morgan fingerprint density at radius 1 is 1.55 bits per heavy atom. The highest BCUT2D eigenvalue weighted by Crippen LogP contribution is 2.18. The Morgan fingerprint density at radius 3 is 2.95 bits per heavy atom. The Hall–Kier alpha value is -2.13. The van der Waals surface area contributed by atoms with Crippen LogP contribution in [0, 0.1) is 0 Å². The van der Waals surface area contributed by atoms with Crippen LogP contribution in [-0.2, 0) is 12.3 Å². The Kier molecular flexibility index (Phi) is 4.53. The molecule has 2 aromatic heterocycles. The summed E-state index contributed by atoms with van der Waals surface area (Å²) in [5, 5.41) is 6.96. The molecule has 0 unspecified atom stereocenters. The molecule has 0 saturated heterocycles. The largest absolute Gasteiger partial charge is 0.343 e. The van der Waals surface area contributed by atoms with Crippen LogP contribution in [-0.4, -0.2) is 25.7 Å². The Balaban J connectivity index is 2.04. The highest BCUT2D eigenvalue weighted by molar-refractivity contribution is 7.98. The monoisotopic (exact) mass is 294 g/mol. The first-order chi connectivity index (χ1) is 9.65. The third-order valence-electron chi connectivity index (χ3n) is 2.61. The number of hydrogen-bond donors (Lipinski definition) is 3. The lowest BCUT2D eigenvalue weighted by atomic mass is 10.2. The number of pyridine rings is 1. The van der Waals surface area contributed by atoms with E-state index < -0.39 is 0 Å². The third kappa shape index (κ3) is 3.06. The quantitative estimate of drug-likeness (QED) is 0.306. The number of rotatable bonds is 5. The van der Waals surface area contributed by atoms with Crippen LogP contribution in [0.2, 0.25) is 0 Å². The second-order valence-electron chi connectivity index (χ2n) is 3.86. The molecular weight excluding hydrogens is 280 g/mol. The van der Waals surface area contributed by atoms with Crippen LogP contribution >= 0.6 is 11.8 Å². The summed E-state index contributed by atoms with van der Waals surface area (Å²) in [6, 6.07) is 3.38. The van der Waals surface area contributed by atoms with Crippen LogP contribution in [0.1, 0.15) is 23.0 Å². The molecule has 20 heavy (non-hydrogen) atoms. The Morgan fingerprint density at radius 2 is 2.35 bits per heavy atom. The van der Waals surface area contributed by atoms with E-state index in [-0.39, 0.29) is 11.6 Å². The van der Waals surface area contributed by atoms with Gasteiger partial charge in [0.2, 0.25) is 0 Å². The van der Waals surface area contributed by atoms with Crippen molar-refractivity contribution < 1.29 is 4.79 Å². The van der Waals surface area contributed by atoms with Crippen molar-refractivity contribution in [1.82, 2.24) is 25.2 Å². The number of hydrogen-bond acceptors (Lipinski definition) is 6. The first-order valence-corrected chi connectivity index (χ1v) is 6.88. The third-order valence-corrected chi connectivity index (χ3v) is 3.62. The molecular formula is C11H14N6O2S. The molecule has 1 amide bonds. The summed E-state index contributed by atoms with van der Waals surface area (Å²) in [5.41, 5.74) is 2.99. The van der Waals surface area contributed by atoms with Crippen molar-refractivity contribution in [3.63, 3.8) is 0 Å². The van der Waals surface area contributed by atoms with Crippen molar-refractivity contribution in [3.05, 3.63) is 40.1 Å². The molecule has 2 heterocycles. The van der Waals surface area contributed by atoms with Crippen LogP contribution in [0.4, 0.5) is 0 Å². The van der Waals surface area contributed by atoms with Gasteiger partial charge in [0, 0.05) is 18.5 Å². The van der Waals surface area contributed by atoms with E-state index in [0.29, 0.717) is 23.0 Å². The minimum atomic E-state index is -0.385. The van der Waals surface area contributed by atoms with Gasteiger partial charge < -0.3 is 0 Å². The van der Waals surface area contributed by atoms with Gasteiger partial charge in [-0.2, -0.15) is 0 Å². The van der Waals surface area contributed by atoms with E-state index in [1.54, 1.807) is 16.7 Å². The van der Waals surface area contributed by atoms with Gasteiger partial charge in [0.25, 0.3) is 5.91 Å². The van der Waals surface area contributed by atoms with Crippen LogP contribution < -0.4 is 17.0 Å². The lowest BCUT2D eigenvalue weighted by Gasteiger charge is -2.03. The molecule has 0 aromatic carbocycles. The van der Waals surface area contributed by atoms with E-state index in [2.05, 4.69) is 15.2 Å². The fraction of sp³-hybridized carbons (Fsp3) is 0.273. The Bertz CT molecular complexity index is 648. The molecule has 106 valence electrons. The van der Waals surface area contributed by atoms with Gasteiger partial charge in [-0.1, -0.05) is 11.8 Å². The number of aromatic nitrogens is 4. The highest BCUT2D eigenvalue weighted by atomic mass is 32.2. The van der Waals surface area contributed by atoms with E-state index >= 15 is 0 Å². The summed E-state index contributed by atoms with van der Waals surface area (Å²) >= 11 is 1.40. The van der Waals surface area contributed by atoms with Crippen LogP contribution in [0.15, 0.2) is 28.3 Å². The molecule has 0 saturated carbocycles. The van der Waals surface area contributed by atoms with Gasteiger partial charge in [0.15, 0.2) is 5.16 Å². The average Bonchev–Trinajstić information content (AvgIpc) is 2.85. The zero-order valence-corrected chi connectivity index (χ0v) is 11.6. The van der Waals surface area contributed by atoms with Gasteiger partial charge >= 0.3 is 5.69 Å². The average molecular weight is 294 g/mol. The van der Waals surface area contributed by atoms with Crippen molar-refractivity contribution in [3.8, 4) is 0 Å². The molecule has 0 spiro atoms. The molecule has 0 atom stereocenters. The zero-order valence-electron chi connectivity index (χ0n) is 10.8. The van der Waals surface area contributed by atoms with Gasteiger partial charge in [0.05, 0.1) is 11.3 Å². The highest BCUT2D eigenvalue weighted by Gasteiger charge is 2.08. The number of carbonyl (C=O) groups is 1. The first kappa shape index (κ1) is 14.3. The molecule has 2 rings (SSSR count). The fourth-order valence-electron chi connectivity index (χ4n) is 1.56. The number of H-pyrrole nitrogens is 1. The summed E-state index contributed by atoms with van der Waals surface area (Å²) in [6.07, 6.45) is 1.45. The number of aromatic amines is 1. The van der Waals surface area contributed by atoms with Gasteiger partial charge in [-0.25, -0.2) is 15.7 Å². The van der Waals surface area contributed by atoms with Crippen LogP contribution in [0.3, 0.4) is 0 Å². The second-order valence-corrected chi connectivity index (χ2v) is 4.80. The minimum Gasteiger partial charge on any atom is -0.290 e. The van der Waals surface area contributed by atoms with Crippen molar-refractivity contribution in [2.75, 3.05) is 0 Å². The number of nitrogens with two attached hydrogens (primary N) is 1. The normalized spacial score (nSPS) is 10.5. The summed E-state index contributed by atoms with van der Waals surface area (Å²) in [6.45, 7) is 2.43. The lowest BCUT2D eigenvalue weighted by Crippen LogP contribution is -2.30. The summed E-state index contributed by atoms with van der Waals surface area (Å²) in [4.78, 5) is 26.8. The predicted molar refractivity (Wildman–Crippen MR) is 74.0 cm³/mol. The molecule has 8 nitrogen and oxygen atoms in total. The number of nitrogen functional groups attached to an aromatic ring is 1. The van der Waals surface area contributed by atoms with Crippen molar-refractivity contribution >= 4 is 17.7 Å². The second kappa shape index (κ2) is 6.35. The fourth-order valence-corrected chi connectivity index (χ4v) is 2.48.